The Morgan fingerprint density at radius 3 is 2.61 bits per heavy atom. The van der Waals surface area contributed by atoms with Crippen molar-refractivity contribution in [3.63, 3.8) is 0 Å². The lowest BCUT2D eigenvalue weighted by molar-refractivity contribution is -0.729. The number of hydrogen-bond acceptors (Lipinski definition) is 8. The second-order valence-electron chi connectivity index (χ2n) is 7.78. The van der Waals surface area contributed by atoms with Crippen LogP contribution in [0.4, 0.5) is 5.69 Å². The maximum atomic E-state index is 13.7. The second-order valence-corrected chi connectivity index (χ2v) is 8.79. The van der Waals surface area contributed by atoms with Crippen molar-refractivity contribution in [2.45, 2.75) is 19.9 Å². The molecule has 1 aliphatic heterocycles. The van der Waals surface area contributed by atoms with Crippen LogP contribution in [-0.4, -0.2) is 41.5 Å². The minimum atomic E-state index is -0.817. The van der Waals surface area contributed by atoms with Gasteiger partial charge in [-0.05, 0) is 43.2 Å². The number of nitrogens with zero attached hydrogens (tertiary/aromatic N) is 3. The third-order valence-corrected chi connectivity index (χ3v) is 6.61. The van der Waals surface area contributed by atoms with Gasteiger partial charge in [0.05, 0.1) is 47.6 Å². The van der Waals surface area contributed by atoms with Gasteiger partial charge in [-0.1, -0.05) is 29.5 Å². The summed E-state index contributed by atoms with van der Waals surface area (Å²) in [7, 11) is 3.02. The van der Waals surface area contributed by atoms with E-state index in [-0.39, 0.29) is 28.3 Å². The number of methoxy groups -OCH3 is 2. The smallest absolute Gasteiger partial charge is 0.338 e. The summed E-state index contributed by atoms with van der Waals surface area (Å²) in [5.41, 5.74) is 1.48. The lowest BCUT2D eigenvalue weighted by Gasteiger charge is -2.25. The van der Waals surface area contributed by atoms with E-state index in [4.69, 9.17) is 14.2 Å². The topological polar surface area (TPSA) is 119 Å². The summed E-state index contributed by atoms with van der Waals surface area (Å²) in [6.45, 7) is 3.57. The number of carbonyl (C=O) groups is 1. The molecule has 2 heterocycles. The van der Waals surface area contributed by atoms with Crippen LogP contribution in [0.15, 0.2) is 63.5 Å². The summed E-state index contributed by atoms with van der Waals surface area (Å²) in [6, 6.07) is 10.5. The van der Waals surface area contributed by atoms with Crippen LogP contribution in [-0.2, 0) is 9.53 Å². The number of rotatable bonds is 7. The highest BCUT2D eigenvalue weighted by Crippen LogP contribution is 2.36. The maximum absolute atomic E-state index is 13.7. The molecule has 186 valence electrons. The van der Waals surface area contributed by atoms with Gasteiger partial charge in [0, 0.05) is 12.1 Å². The fourth-order valence-corrected chi connectivity index (χ4v) is 5.06. The molecule has 1 aromatic heterocycles. The molecule has 1 atom stereocenters. The third-order valence-electron chi connectivity index (χ3n) is 5.63. The van der Waals surface area contributed by atoms with Crippen molar-refractivity contribution in [1.82, 2.24) is 4.57 Å². The highest BCUT2D eigenvalue weighted by Gasteiger charge is 2.34. The predicted molar refractivity (Wildman–Crippen MR) is 131 cm³/mol. The highest BCUT2D eigenvalue weighted by atomic mass is 32.1. The first-order chi connectivity index (χ1) is 17.3. The van der Waals surface area contributed by atoms with E-state index >= 15 is 0 Å². The largest absolute Gasteiger partial charge is 0.493 e. The molecule has 0 fully saturated rings. The Morgan fingerprint density at radius 2 is 1.94 bits per heavy atom. The molecule has 36 heavy (non-hydrogen) atoms. The van der Waals surface area contributed by atoms with Gasteiger partial charge < -0.3 is 14.2 Å². The van der Waals surface area contributed by atoms with Crippen molar-refractivity contribution in [2.75, 3.05) is 20.8 Å². The predicted octanol–water partition coefficient (Wildman–Crippen LogP) is 2.62. The second kappa shape index (κ2) is 10.2. The molecule has 0 saturated carbocycles. The first kappa shape index (κ1) is 24.9. The molecule has 2 aromatic carbocycles. The molecule has 0 aliphatic carbocycles. The Balaban J connectivity index is 1.96. The molecule has 1 N–H and O–H groups in total. The monoisotopic (exact) mass is 510 g/mol. The van der Waals surface area contributed by atoms with Crippen LogP contribution in [0.5, 0.6) is 11.5 Å². The molecule has 11 heteroatoms. The van der Waals surface area contributed by atoms with Gasteiger partial charge in [0.25, 0.3) is 10.5 Å². The van der Waals surface area contributed by atoms with Crippen LogP contribution in [0.3, 0.4) is 0 Å². The Hall–Kier alpha value is -4.25. The number of esters is 1. The summed E-state index contributed by atoms with van der Waals surface area (Å²) < 4.78 is 17.9. The standard InChI is InChI=1S/C25H24N3O7S/c1-5-35-24(30)21-14(2)26-25-27(22(21)16-9-10-18(33-3)19(13-16)34-4)23(29)20(36-25)12-15-7-6-8-17(11-15)28(31)32/h6-13,22H,5H2,1-4H3,(H,31,32)/q+1/b20-12-. The number of carbonyl (C=O) groups excluding carboxylic acids is 1. The van der Waals surface area contributed by atoms with Crippen molar-refractivity contribution in [2.24, 2.45) is 4.99 Å². The van der Waals surface area contributed by atoms with Crippen molar-refractivity contribution >= 4 is 29.1 Å². The molecule has 1 unspecified atom stereocenters. The molecule has 0 bridgehead atoms. The Labute approximate surface area is 209 Å². The van der Waals surface area contributed by atoms with Gasteiger partial charge in [-0.15, -0.1) is 0 Å². The normalized spacial score (nSPS) is 15.2. The molecule has 0 radical (unpaired) electrons. The fraction of sp³-hybridized carbons (Fsp3) is 0.240. The van der Waals surface area contributed by atoms with Crippen molar-refractivity contribution in [3.05, 3.63) is 89.5 Å². The van der Waals surface area contributed by atoms with Crippen molar-refractivity contribution in [3.8, 4) is 11.5 Å². The Bertz CT molecular complexity index is 1570. The zero-order valence-corrected chi connectivity index (χ0v) is 20.9. The van der Waals surface area contributed by atoms with Crippen LogP contribution in [0.2, 0.25) is 0 Å². The lowest BCUT2D eigenvalue weighted by Crippen LogP contribution is -2.39. The number of aromatic nitrogens is 1. The summed E-state index contributed by atoms with van der Waals surface area (Å²) in [5, 5.41) is 9.21. The number of fused-ring (bicyclic) bond motifs is 1. The molecular formula is C25H24N3O7S+. The lowest BCUT2D eigenvalue weighted by atomic mass is 9.95. The molecule has 1 aliphatic rings. The van der Waals surface area contributed by atoms with Gasteiger partial charge >= 0.3 is 11.7 Å². The van der Waals surface area contributed by atoms with E-state index in [9.17, 15) is 19.7 Å². The Kier molecular flexibility index (Phi) is 7.02. The first-order valence-corrected chi connectivity index (χ1v) is 11.8. The van der Waals surface area contributed by atoms with E-state index in [0.717, 1.165) is 11.3 Å². The van der Waals surface area contributed by atoms with Crippen molar-refractivity contribution < 1.29 is 29.1 Å². The summed E-state index contributed by atoms with van der Waals surface area (Å²) in [6.07, 6.45) is 1.60. The SMILES string of the molecule is CCOC(=O)C1=C(C)N=c2s/c(=C\c3cccc([N+](=O)O)c3)c(=O)n2C1c1ccc(OC)c(OC)c1. The van der Waals surface area contributed by atoms with Gasteiger partial charge in [-0.3, -0.25) is 9.36 Å². The molecule has 0 amide bonds. The fourth-order valence-electron chi connectivity index (χ4n) is 4.01. The maximum Gasteiger partial charge on any atom is 0.338 e. The van der Waals surface area contributed by atoms with Gasteiger partial charge in [-0.25, -0.2) is 15.0 Å². The summed E-state index contributed by atoms with van der Waals surface area (Å²) in [4.78, 5) is 42.6. The van der Waals surface area contributed by atoms with Crippen molar-refractivity contribution in [1.29, 1.82) is 0 Å². The first-order valence-electron chi connectivity index (χ1n) is 11.0. The number of thiazole rings is 1. The quantitative estimate of drug-likeness (QED) is 0.383. The Morgan fingerprint density at radius 1 is 1.19 bits per heavy atom. The van der Waals surface area contributed by atoms with Gasteiger partial charge in [0.1, 0.15) is 0 Å². The molecule has 3 aromatic rings. The van der Waals surface area contributed by atoms with Crippen LogP contribution in [0, 0.1) is 4.91 Å². The van der Waals surface area contributed by atoms with Gasteiger partial charge in [0.2, 0.25) is 0 Å². The van der Waals surface area contributed by atoms with E-state index in [1.807, 2.05) is 0 Å². The zero-order valence-electron chi connectivity index (χ0n) is 20.0. The van der Waals surface area contributed by atoms with Crippen LogP contribution < -0.4 is 24.4 Å². The molecule has 10 nitrogen and oxygen atoms in total. The summed E-state index contributed by atoms with van der Waals surface area (Å²) >= 11 is 1.15. The molecular weight excluding hydrogens is 486 g/mol. The van der Waals surface area contributed by atoms with Gasteiger partial charge in [-0.2, -0.15) is 0 Å². The van der Waals surface area contributed by atoms with E-state index in [1.165, 1.54) is 30.9 Å². The van der Waals surface area contributed by atoms with Crippen LogP contribution >= 0.6 is 11.3 Å². The third kappa shape index (κ3) is 4.52. The van der Waals surface area contributed by atoms with Crippen LogP contribution in [0.1, 0.15) is 31.0 Å². The van der Waals surface area contributed by atoms with Crippen LogP contribution in [0.25, 0.3) is 6.08 Å². The molecule has 0 saturated heterocycles. The number of benzene rings is 2. The van der Waals surface area contributed by atoms with E-state index in [1.54, 1.807) is 50.3 Å². The highest BCUT2D eigenvalue weighted by molar-refractivity contribution is 7.07. The van der Waals surface area contributed by atoms with E-state index in [0.29, 0.717) is 37.7 Å². The average Bonchev–Trinajstić information content (AvgIpc) is 3.17. The number of ether oxygens (including phenoxy) is 3. The molecule has 4 rings (SSSR count). The minimum absolute atomic E-state index is 0.0279. The summed E-state index contributed by atoms with van der Waals surface area (Å²) in [5.74, 6) is 0.375. The zero-order chi connectivity index (χ0) is 26.0. The molecule has 0 spiro atoms. The van der Waals surface area contributed by atoms with E-state index < -0.39 is 12.0 Å². The number of hydrogen-bond donors (Lipinski definition) is 1. The van der Waals surface area contributed by atoms with Gasteiger partial charge in [0.15, 0.2) is 16.3 Å². The average molecular weight is 511 g/mol. The van der Waals surface area contributed by atoms with E-state index in [2.05, 4.69) is 4.99 Å². The number of allylic oxidation sites excluding steroid dienone is 1. The minimum Gasteiger partial charge on any atom is -0.493 e.